The van der Waals surface area contributed by atoms with Crippen molar-refractivity contribution < 1.29 is 8.42 Å². The maximum Gasteiger partial charge on any atom is 0.240 e. The summed E-state index contributed by atoms with van der Waals surface area (Å²) < 4.78 is 28.1. The van der Waals surface area contributed by atoms with E-state index in [0.29, 0.717) is 29.2 Å². The summed E-state index contributed by atoms with van der Waals surface area (Å²) in [6.45, 7) is 3.38. The highest BCUT2D eigenvalue weighted by atomic mass is 32.2. The van der Waals surface area contributed by atoms with Crippen LogP contribution in [0.1, 0.15) is 38.2 Å². The van der Waals surface area contributed by atoms with E-state index < -0.39 is 10.0 Å². The van der Waals surface area contributed by atoms with E-state index in [1.807, 2.05) is 55.4 Å². The van der Waals surface area contributed by atoms with Crippen molar-refractivity contribution in [2.75, 3.05) is 37.4 Å². The summed E-state index contributed by atoms with van der Waals surface area (Å²) in [6, 6.07) is 15.2. The normalized spacial score (nSPS) is 18.7. The van der Waals surface area contributed by atoms with Crippen LogP contribution in [0.3, 0.4) is 0 Å². The number of benzene rings is 2. The van der Waals surface area contributed by atoms with Crippen LogP contribution in [0.4, 0.5) is 11.8 Å². The maximum absolute atomic E-state index is 12.6. The molecule has 1 fully saturated rings. The third kappa shape index (κ3) is 5.85. The molecule has 1 aliphatic carbocycles. The largest absolute Gasteiger partial charge is 0.362 e. The van der Waals surface area contributed by atoms with E-state index in [1.54, 1.807) is 12.1 Å². The van der Waals surface area contributed by atoms with Crippen LogP contribution in [0, 0.1) is 11.8 Å². The van der Waals surface area contributed by atoms with Crippen molar-refractivity contribution >= 4 is 32.7 Å². The molecular weight excluding hydrogens is 446 g/mol. The fraction of sp³-hybridized carbons (Fsp3) is 0.462. The van der Waals surface area contributed by atoms with Gasteiger partial charge in [0.15, 0.2) is 0 Å². The lowest BCUT2D eigenvalue weighted by molar-refractivity contribution is 0.284. The molecule has 0 spiro atoms. The van der Waals surface area contributed by atoms with E-state index >= 15 is 0 Å². The monoisotopic (exact) mass is 481 g/mol. The summed E-state index contributed by atoms with van der Waals surface area (Å²) in [5, 5.41) is 4.49. The highest BCUT2D eigenvalue weighted by Crippen LogP contribution is 2.29. The summed E-state index contributed by atoms with van der Waals surface area (Å²) in [5.74, 6) is 2.48. The third-order valence-corrected chi connectivity index (χ3v) is 8.17. The lowest BCUT2D eigenvalue weighted by atomic mass is 9.82. The molecule has 1 aliphatic rings. The number of nitrogens with zero attached hydrogens (tertiary/aromatic N) is 3. The first kappa shape index (κ1) is 24.4. The Labute approximate surface area is 203 Å². The molecule has 2 N–H and O–H groups in total. The summed E-state index contributed by atoms with van der Waals surface area (Å²) in [6.07, 6.45) is 5.07. The minimum absolute atomic E-state index is 0.343. The molecule has 0 aliphatic heterocycles. The Balaban J connectivity index is 1.27. The number of hydrogen-bond donors (Lipinski definition) is 2. The minimum Gasteiger partial charge on any atom is -0.362 e. The molecule has 0 saturated heterocycles. The van der Waals surface area contributed by atoms with Gasteiger partial charge in [-0.25, -0.2) is 18.1 Å². The van der Waals surface area contributed by atoms with Gasteiger partial charge in [-0.3, -0.25) is 0 Å². The predicted molar refractivity (Wildman–Crippen MR) is 139 cm³/mol. The zero-order valence-corrected chi connectivity index (χ0v) is 21.1. The van der Waals surface area contributed by atoms with Crippen molar-refractivity contribution in [2.45, 2.75) is 43.9 Å². The van der Waals surface area contributed by atoms with Crippen molar-refractivity contribution in [3.05, 3.63) is 54.1 Å². The van der Waals surface area contributed by atoms with Crippen LogP contribution >= 0.6 is 0 Å². The van der Waals surface area contributed by atoms with Crippen molar-refractivity contribution in [2.24, 2.45) is 11.8 Å². The summed E-state index contributed by atoms with van der Waals surface area (Å²) in [7, 11) is 0.532. The Kier molecular flexibility index (Phi) is 7.68. The van der Waals surface area contributed by atoms with Crippen LogP contribution in [-0.2, 0) is 16.4 Å². The van der Waals surface area contributed by atoms with Gasteiger partial charge in [0.25, 0.3) is 0 Å². The average Bonchev–Trinajstić information content (AvgIpc) is 2.86. The van der Waals surface area contributed by atoms with E-state index in [-0.39, 0.29) is 0 Å². The van der Waals surface area contributed by atoms with Crippen LogP contribution in [0.2, 0.25) is 0 Å². The van der Waals surface area contributed by atoms with Gasteiger partial charge in [0.05, 0.1) is 10.4 Å². The molecule has 34 heavy (non-hydrogen) atoms. The van der Waals surface area contributed by atoms with Crippen molar-refractivity contribution in [3.8, 4) is 0 Å². The molecule has 1 aromatic heterocycles. The third-order valence-electron chi connectivity index (χ3n) is 6.73. The number of nitrogens with one attached hydrogen (secondary N) is 2. The number of aryl methyl sites for hydroxylation is 1. The Bertz CT molecular complexity index is 1200. The molecule has 0 bridgehead atoms. The van der Waals surface area contributed by atoms with Crippen molar-refractivity contribution in [1.29, 1.82) is 0 Å². The lowest BCUT2D eigenvalue weighted by Gasteiger charge is -2.28. The second-order valence-corrected chi connectivity index (χ2v) is 11.2. The Hall–Kier alpha value is -2.71. The smallest absolute Gasteiger partial charge is 0.240 e. The molecule has 3 aromatic rings. The van der Waals surface area contributed by atoms with Crippen LogP contribution in [0.15, 0.2) is 53.4 Å². The second kappa shape index (κ2) is 10.7. The molecule has 1 heterocycles. The molecule has 7 nitrogen and oxygen atoms in total. The zero-order valence-electron chi connectivity index (χ0n) is 20.3. The fourth-order valence-corrected chi connectivity index (χ4v) is 5.69. The van der Waals surface area contributed by atoms with E-state index in [1.165, 1.54) is 0 Å². The van der Waals surface area contributed by atoms with Gasteiger partial charge < -0.3 is 10.2 Å². The standard InChI is InChI=1S/C26H35N5O2S/c1-4-19-13-15-22(16-14-19)34(32,33)28-18-21-11-9-20(10-12-21)17-27-26-29-24-8-6-5-7-23(24)25(30-26)31(2)3/h5-8,13-16,20-21,28H,4,9-12,17-18H2,1-3H3,(H,27,29,30). The van der Waals surface area contributed by atoms with Gasteiger partial charge in [-0.15, -0.1) is 0 Å². The molecule has 182 valence electrons. The van der Waals surface area contributed by atoms with Crippen LogP contribution < -0.4 is 14.9 Å². The summed E-state index contributed by atoms with van der Waals surface area (Å²) in [4.78, 5) is 11.8. The van der Waals surface area contributed by atoms with Gasteiger partial charge >= 0.3 is 0 Å². The molecule has 0 atom stereocenters. The van der Waals surface area contributed by atoms with Crippen LogP contribution in [0.25, 0.3) is 10.9 Å². The van der Waals surface area contributed by atoms with E-state index in [4.69, 9.17) is 4.98 Å². The SMILES string of the molecule is CCc1ccc(S(=O)(=O)NCC2CCC(CNc3nc(N(C)C)c4ccccc4n3)CC2)cc1. The first-order chi connectivity index (χ1) is 16.4. The number of sulfonamides is 1. The van der Waals surface area contributed by atoms with E-state index in [0.717, 1.165) is 60.9 Å². The number of anilines is 2. The highest BCUT2D eigenvalue weighted by Gasteiger charge is 2.23. The fourth-order valence-electron chi connectivity index (χ4n) is 4.57. The Morgan fingerprint density at radius 1 is 0.912 bits per heavy atom. The number of rotatable bonds is 9. The number of fused-ring (bicyclic) bond motifs is 1. The van der Waals surface area contributed by atoms with Gasteiger partial charge in [0.1, 0.15) is 5.82 Å². The number of para-hydroxylation sites is 1. The molecule has 0 amide bonds. The van der Waals surface area contributed by atoms with Gasteiger partial charge in [-0.1, -0.05) is 31.2 Å². The summed E-state index contributed by atoms with van der Waals surface area (Å²) in [5.41, 5.74) is 2.07. The van der Waals surface area contributed by atoms with E-state index in [9.17, 15) is 8.42 Å². The van der Waals surface area contributed by atoms with E-state index in [2.05, 4.69) is 21.9 Å². The van der Waals surface area contributed by atoms with Crippen molar-refractivity contribution in [3.63, 3.8) is 0 Å². The van der Waals surface area contributed by atoms with Gasteiger partial charge in [0, 0.05) is 32.6 Å². The zero-order chi connectivity index (χ0) is 24.1. The molecule has 0 radical (unpaired) electrons. The minimum atomic E-state index is -3.46. The summed E-state index contributed by atoms with van der Waals surface area (Å²) >= 11 is 0. The topological polar surface area (TPSA) is 87.2 Å². The van der Waals surface area contributed by atoms with Gasteiger partial charge in [-0.05, 0) is 73.8 Å². The molecule has 0 unspecified atom stereocenters. The highest BCUT2D eigenvalue weighted by molar-refractivity contribution is 7.89. The average molecular weight is 482 g/mol. The number of aromatic nitrogens is 2. The molecule has 4 rings (SSSR count). The molecular formula is C26H35N5O2S. The van der Waals surface area contributed by atoms with Gasteiger partial charge in [0.2, 0.25) is 16.0 Å². The lowest BCUT2D eigenvalue weighted by Crippen LogP contribution is -2.32. The molecule has 2 aromatic carbocycles. The Morgan fingerprint density at radius 2 is 1.56 bits per heavy atom. The quantitative estimate of drug-likeness (QED) is 0.469. The van der Waals surface area contributed by atoms with Crippen molar-refractivity contribution in [1.82, 2.24) is 14.7 Å². The van der Waals surface area contributed by atoms with Gasteiger partial charge in [-0.2, -0.15) is 4.98 Å². The predicted octanol–water partition coefficient (Wildman–Crippen LogP) is 4.46. The Morgan fingerprint density at radius 3 is 2.21 bits per heavy atom. The van der Waals surface area contributed by atoms with Crippen LogP contribution in [0.5, 0.6) is 0 Å². The first-order valence-corrected chi connectivity index (χ1v) is 13.6. The van der Waals surface area contributed by atoms with Crippen LogP contribution in [-0.4, -0.2) is 45.6 Å². The second-order valence-electron chi connectivity index (χ2n) is 9.40. The first-order valence-electron chi connectivity index (χ1n) is 12.1. The number of hydrogen-bond acceptors (Lipinski definition) is 6. The molecule has 1 saturated carbocycles. The molecule has 8 heteroatoms. The maximum atomic E-state index is 12.6.